The second-order valence-electron chi connectivity index (χ2n) is 6.41. The van der Waals surface area contributed by atoms with E-state index in [0.29, 0.717) is 27.8 Å². The Balaban J connectivity index is 1.87. The van der Waals surface area contributed by atoms with Gasteiger partial charge in [-0.2, -0.15) is 5.26 Å². The van der Waals surface area contributed by atoms with E-state index in [1.807, 2.05) is 78.9 Å². The molecule has 0 bridgehead atoms. The molecule has 0 aliphatic carbocycles. The second-order valence-corrected chi connectivity index (χ2v) is 7.28. The van der Waals surface area contributed by atoms with Crippen molar-refractivity contribution >= 4 is 29.0 Å². The molecule has 0 radical (unpaired) electrons. The molecule has 0 atom stereocenters. The van der Waals surface area contributed by atoms with Crippen LogP contribution in [0.1, 0.15) is 23.1 Å². The Morgan fingerprint density at radius 1 is 0.778 bits per heavy atom. The quantitative estimate of drug-likeness (QED) is 0.504. The lowest BCUT2D eigenvalue weighted by atomic mass is 9.82. The van der Waals surface area contributed by atoms with Crippen LogP contribution in [0.4, 0.5) is 0 Å². The summed E-state index contributed by atoms with van der Waals surface area (Å²) in [6.07, 6.45) is 0.441. The highest BCUT2D eigenvalue weighted by molar-refractivity contribution is 6.30. The molecule has 3 aromatic rings. The van der Waals surface area contributed by atoms with Gasteiger partial charge in [0, 0.05) is 33.2 Å². The summed E-state index contributed by atoms with van der Waals surface area (Å²) in [5.41, 5.74) is 2.58. The van der Waals surface area contributed by atoms with E-state index in [-0.39, 0.29) is 0 Å². The fourth-order valence-corrected chi connectivity index (χ4v) is 3.69. The van der Waals surface area contributed by atoms with Gasteiger partial charge >= 0.3 is 0 Å². The average Bonchev–Trinajstić information content (AvgIpc) is 3.11. The molecule has 0 spiro atoms. The van der Waals surface area contributed by atoms with E-state index in [2.05, 4.69) is 6.07 Å². The smallest absolute Gasteiger partial charge is 0.164 e. The summed E-state index contributed by atoms with van der Waals surface area (Å²) in [7, 11) is 0. The number of benzene rings is 3. The van der Waals surface area contributed by atoms with Crippen LogP contribution in [0.2, 0.25) is 10.0 Å². The van der Waals surface area contributed by atoms with Crippen molar-refractivity contribution in [1.82, 2.24) is 0 Å². The van der Waals surface area contributed by atoms with Crippen LogP contribution in [0.25, 0.3) is 5.76 Å². The number of nitriles is 1. The molecule has 1 aliphatic heterocycles. The first-order valence-corrected chi connectivity index (χ1v) is 9.28. The average molecular weight is 392 g/mol. The van der Waals surface area contributed by atoms with Gasteiger partial charge in [-0.3, -0.25) is 0 Å². The third-order valence-electron chi connectivity index (χ3n) is 4.77. The summed E-state index contributed by atoms with van der Waals surface area (Å²) in [6.45, 7) is 0. The summed E-state index contributed by atoms with van der Waals surface area (Å²) in [5.74, 6) is 0.614. The van der Waals surface area contributed by atoms with Crippen LogP contribution < -0.4 is 0 Å². The molecular formula is C23H15Cl2NO. The first kappa shape index (κ1) is 17.7. The Bertz CT molecular complexity index is 987. The lowest BCUT2D eigenvalue weighted by molar-refractivity contribution is 0.101. The van der Waals surface area contributed by atoms with Gasteiger partial charge in [0.25, 0.3) is 0 Å². The lowest BCUT2D eigenvalue weighted by Crippen LogP contribution is -2.27. The zero-order valence-corrected chi connectivity index (χ0v) is 15.8. The maximum Gasteiger partial charge on any atom is 0.164 e. The van der Waals surface area contributed by atoms with Gasteiger partial charge in [-0.05, 0) is 24.3 Å². The third-order valence-corrected chi connectivity index (χ3v) is 5.27. The van der Waals surface area contributed by atoms with Crippen LogP contribution >= 0.6 is 23.2 Å². The number of hydrogen-bond acceptors (Lipinski definition) is 2. The molecular weight excluding hydrogens is 377 g/mol. The highest BCUT2D eigenvalue weighted by Gasteiger charge is 2.44. The number of ether oxygens (including phenoxy) is 1. The van der Waals surface area contributed by atoms with Gasteiger partial charge in [0.15, 0.2) is 5.60 Å². The first-order chi connectivity index (χ1) is 13.1. The Kier molecular flexibility index (Phi) is 4.66. The fraction of sp³-hybridized carbons (Fsp3) is 0.0870. The number of nitrogens with zero attached hydrogens (tertiary/aromatic N) is 1. The second kappa shape index (κ2) is 7.12. The van der Waals surface area contributed by atoms with Crippen molar-refractivity contribution in [2.45, 2.75) is 12.0 Å². The zero-order valence-electron chi connectivity index (χ0n) is 14.3. The molecule has 4 rings (SSSR count). The van der Waals surface area contributed by atoms with Crippen molar-refractivity contribution in [3.05, 3.63) is 111 Å². The van der Waals surface area contributed by atoms with Gasteiger partial charge in [-0.25, -0.2) is 0 Å². The highest BCUT2D eigenvalue weighted by Crippen LogP contribution is 2.49. The topological polar surface area (TPSA) is 33.0 Å². The Hall–Kier alpha value is -2.73. The molecule has 27 heavy (non-hydrogen) atoms. The first-order valence-electron chi connectivity index (χ1n) is 8.52. The van der Waals surface area contributed by atoms with Crippen molar-refractivity contribution in [2.75, 3.05) is 0 Å². The Morgan fingerprint density at radius 2 is 1.30 bits per heavy atom. The van der Waals surface area contributed by atoms with Crippen LogP contribution in [0.15, 0.2) is 84.4 Å². The summed E-state index contributed by atoms with van der Waals surface area (Å²) < 4.78 is 6.56. The molecule has 0 saturated carbocycles. The van der Waals surface area contributed by atoms with Gasteiger partial charge in [0.2, 0.25) is 0 Å². The van der Waals surface area contributed by atoms with E-state index in [4.69, 9.17) is 27.9 Å². The van der Waals surface area contributed by atoms with Crippen LogP contribution in [0.3, 0.4) is 0 Å². The van der Waals surface area contributed by atoms with Crippen molar-refractivity contribution in [2.24, 2.45) is 0 Å². The van der Waals surface area contributed by atoms with Gasteiger partial charge in [0.05, 0.1) is 11.6 Å². The van der Waals surface area contributed by atoms with Crippen LogP contribution in [0, 0.1) is 11.3 Å². The van der Waals surface area contributed by atoms with Gasteiger partial charge in [-0.15, -0.1) is 0 Å². The number of hydrogen-bond donors (Lipinski definition) is 0. The molecule has 0 unspecified atom stereocenters. The van der Waals surface area contributed by atoms with E-state index >= 15 is 0 Å². The Morgan fingerprint density at radius 3 is 1.78 bits per heavy atom. The minimum atomic E-state index is -0.800. The summed E-state index contributed by atoms with van der Waals surface area (Å²) in [6, 6.07) is 27.2. The summed E-state index contributed by atoms with van der Waals surface area (Å²) >= 11 is 12.2. The van der Waals surface area contributed by atoms with Crippen molar-refractivity contribution in [1.29, 1.82) is 5.26 Å². The lowest BCUT2D eigenvalue weighted by Gasteiger charge is -2.31. The zero-order chi connectivity index (χ0) is 18.9. The monoisotopic (exact) mass is 391 g/mol. The molecule has 3 aromatic carbocycles. The molecule has 0 N–H and O–H groups in total. The van der Waals surface area contributed by atoms with E-state index in [0.717, 1.165) is 16.7 Å². The van der Waals surface area contributed by atoms with Crippen molar-refractivity contribution in [3.8, 4) is 6.07 Å². The maximum absolute atomic E-state index is 9.78. The van der Waals surface area contributed by atoms with Crippen LogP contribution in [-0.2, 0) is 10.3 Å². The standard InChI is InChI=1S/C23H15Cl2NO/c24-20-10-6-18(7-11-20)23(19-8-12-21(25)13-9-19)14-17(15-26)22(27-23)16-4-2-1-3-5-16/h1-13H,14H2. The third kappa shape index (κ3) is 3.21. The maximum atomic E-state index is 9.78. The normalized spacial score (nSPS) is 15.3. The van der Waals surface area contributed by atoms with Crippen LogP contribution in [0.5, 0.6) is 0 Å². The largest absolute Gasteiger partial charge is 0.476 e. The molecule has 0 amide bonds. The molecule has 0 saturated heterocycles. The van der Waals surface area contributed by atoms with E-state index < -0.39 is 5.60 Å². The predicted molar refractivity (Wildman–Crippen MR) is 108 cm³/mol. The minimum Gasteiger partial charge on any atom is -0.476 e. The molecule has 0 fully saturated rings. The molecule has 1 aliphatic rings. The number of halogens is 2. The molecule has 1 heterocycles. The van der Waals surface area contributed by atoms with Gasteiger partial charge < -0.3 is 4.74 Å². The molecule has 132 valence electrons. The van der Waals surface area contributed by atoms with E-state index in [1.54, 1.807) is 0 Å². The Labute approximate surface area is 168 Å². The highest BCUT2D eigenvalue weighted by atomic mass is 35.5. The van der Waals surface area contributed by atoms with E-state index in [1.165, 1.54) is 0 Å². The minimum absolute atomic E-state index is 0.441. The summed E-state index contributed by atoms with van der Waals surface area (Å²) in [5, 5.41) is 11.1. The number of rotatable bonds is 3. The SMILES string of the molecule is N#CC1=C(c2ccccc2)OC(c2ccc(Cl)cc2)(c2ccc(Cl)cc2)C1. The van der Waals surface area contributed by atoms with Crippen LogP contribution in [-0.4, -0.2) is 0 Å². The van der Waals surface area contributed by atoms with E-state index in [9.17, 15) is 5.26 Å². The predicted octanol–water partition coefficient (Wildman–Crippen LogP) is 6.59. The van der Waals surface area contributed by atoms with Crippen molar-refractivity contribution in [3.63, 3.8) is 0 Å². The molecule has 2 nitrogen and oxygen atoms in total. The fourth-order valence-electron chi connectivity index (χ4n) is 3.44. The molecule has 4 heteroatoms. The van der Waals surface area contributed by atoms with Gasteiger partial charge in [-0.1, -0.05) is 77.8 Å². The van der Waals surface area contributed by atoms with Crippen molar-refractivity contribution < 1.29 is 4.74 Å². The molecule has 0 aromatic heterocycles. The van der Waals surface area contributed by atoms with Gasteiger partial charge in [0.1, 0.15) is 5.76 Å². The summed E-state index contributed by atoms with van der Waals surface area (Å²) in [4.78, 5) is 0.